The minimum Gasteiger partial charge on any atom is -0.355 e. The highest BCUT2D eigenvalue weighted by Gasteiger charge is 2.42. The van der Waals surface area contributed by atoms with Crippen LogP contribution in [0.5, 0.6) is 0 Å². The number of hydrogen-bond donors (Lipinski definition) is 2. The minimum absolute atomic E-state index is 0. The van der Waals surface area contributed by atoms with Crippen LogP contribution in [0.15, 0.2) is 35.3 Å². The Bertz CT molecular complexity index is 568. The molecule has 1 atom stereocenters. The van der Waals surface area contributed by atoms with Crippen LogP contribution >= 0.6 is 24.0 Å². The lowest BCUT2D eigenvalue weighted by atomic mass is 9.84. The first kappa shape index (κ1) is 21.7. The fraction of sp³-hybridized carbons (Fsp3) is 0.579. The van der Waals surface area contributed by atoms with Crippen LogP contribution in [0.2, 0.25) is 0 Å². The van der Waals surface area contributed by atoms with Gasteiger partial charge in [0.2, 0.25) is 5.91 Å². The summed E-state index contributed by atoms with van der Waals surface area (Å²) in [6.07, 6.45) is 4.13. The van der Waals surface area contributed by atoms with E-state index in [4.69, 9.17) is 0 Å². The second-order valence-electron chi connectivity index (χ2n) is 6.89. The summed E-state index contributed by atoms with van der Waals surface area (Å²) < 4.78 is 0. The summed E-state index contributed by atoms with van der Waals surface area (Å²) in [5, 5.41) is 6.79. The van der Waals surface area contributed by atoms with Crippen molar-refractivity contribution in [2.45, 2.75) is 38.6 Å². The molecule has 5 nitrogen and oxygen atoms in total. The predicted octanol–water partition coefficient (Wildman–Crippen LogP) is 3.18. The van der Waals surface area contributed by atoms with E-state index in [0.717, 1.165) is 31.6 Å². The van der Waals surface area contributed by atoms with Crippen LogP contribution in [0.4, 0.5) is 0 Å². The number of carbonyl (C=O) groups is 1. The summed E-state index contributed by atoms with van der Waals surface area (Å²) in [6, 6.07) is 10.4. The number of halogens is 1. The van der Waals surface area contributed by atoms with Crippen molar-refractivity contribution >= 4 is 35.8 Å². The van der Waals surface area contributed by atoms with Crippen LogP contribution in [-0.4, -0.2) is 44.5 Å². The molecule has 1 fully saturated rings. The standard InChI is InChI=1S/C19H30N4O.HI/c1-15(16-10-6-5-7-11-16)22-18(20-2)21-14-19(12-8-9-13-19)17(24)23(3)4;/h5-7,10-11,15H,8-9,12-14H2,1-4H3,(H2,20,21,22);1H. The molecule has 25 heavy (non-hydrogen) atoms. The van der Waals surface area contributed by atoms with Crippen molar-refractivity contribution in [2.75, 3.05) is 27.7 Å². The van der Waals surface area contributed by atoms with Gasteiger partial charge in [0.1, 0.15) is 0 Å². The first-order chi connectivity index (χ1) is 11.5. The zero-order valence-corrected chi connectivity index (χ0v) is 18.0. The molecule has 1 aliphatic rings. The maximum absolute atomic E-state index is 12.6. The normalized spacial score (nSPS) is 17.4. The SMILES string of the molecule is CN=C(NCC1(C(=O)N(C)C)CCCC1)NC(C)c1ccccc1.I. The van der Waals surface area contributed by atoms with Crippen molar-refractivity contribution in [2.24, 2.45) is 10.4 Å². The molecule has 1 saturated carbocycles. The van der Waals surface area contributed by atoms with Gasteiger partial charge in [-0.1, -0.05) is 43.2 Å². The van der Waals surface area contributed by atoms with E-state index < -0.39 is 0 Å². The zero-order chi connectivity index (χ0) is 17.6. The molecule has 0 heterocycles. The molecule has 1 unspecified atom stereocenters. The highest BCUT2D eigenvalue weighted by Crippen LogP contribution is 2.38. The van der Waals surface area contributed by atoms with E-state index in [2.05, 4.69) is 34.7 Å². The fourth-order valence-corrected chi connectivity index (χ4v) is 3.47. The Morgan fingerprint density at radius 3 is 2.36 bits per heavy atom. The van der Waals surface area contributed by atoms with Crippen molar-refractivity contribution < 1.29 is 4.79 Å². The number of nitrogens with zero attached hydrogens (tertiary/aromatic N) is 2. The average Bonchev–Trinajstić information content (AvgIpc) is 3.08. The van der Waals surface area contributed by atoms with Crippen LogP contribution < -0.4 is 10.6 Å². The van der Waals surface area contributed by atoms with Gasteiger partial charge >= 0.3 is 0 Å². The third-order valence-corrected chi connectivity index (χ3v) is 4.89. The lowest BCUT2D eigenvalue weighted by Gasteiger charge is -2.31. The first-order valence-electron chi connectivity index (χ1n) is 8.72. The number of carbonyl (C=O) groups excluding carboxylic acids is 1. The Hall–Kier alpha value is -1.31. The Labute approximate surface area is 168 Å². The lowest BCUT2D eigenvalue weighted by molar-refractivity contribution is -0.138. The number of guanidine groups is 1. The van der Waals surface area contributed by atoms with Crippen LogP contribution in [-0.2, 0) is 4.79 Å². The third kappa shape index (κ3) is 5.59. The van der Waals surface area contributed by atoms with Gasteiger partial charge in [0, 0.05) is 27.7 Å². The number of hydrogen-bond acceptors (Lipinski definition) is 2. The molecule has 0 bridgehead atoms. The molecule has 0 radical (unpaired) electrons. The van der Waals surface area contributed by atoms with Gasteiger partial charge in [0.05, 0.1) is 11.5 Å². The fourth-order valence-electron chi connectivity index (χ4n) is 3.47. The van der Waals surface area contributed by atoms with Gasteiger partial charge in [0.25, 0.3) is 0 Å². The van der Waals surface area contributed by atoms with Gasteiger partial charge in [0.15, 0.2) is 5.96 Å². The van der Waals surface area contributed by atoms with E-state index in [1.165, 1.54) is 5.56 Å². The van der Waals surface area contributed by atoms with E-state index in [9.17, 15) is 4.79 Å². The van der Waals surface area contributed by atoms with Crippen molar-refractivity contribution in [1.82, 2.24) is 15.5 Å². The molecule has 1 amide bonds. The summed E-state index contributed by atoms with van der Waals surface area (Å²) in [5.74, 6) is 0.961. The molecule has 0 aliphatic heterocycles. The first-order valence-corrected chi connectivity index (χ1v) is 8.72. The molecular weight excluding hydrogens is 427 g/mol. The molecular formula is C19H31IN4O. The number of amides is 1. The van der Waals surface area contributed by atoms with Gasteiger partial charge in [-0.05, 0) is 25.3 Å². The average molecular weight is 458 g/mol. The second kappa shape index (κ2) is 9.99. The summed E-state index contributed by atoms with van der Waals surface area (Å²) in [7, 11) is 5.45. The van der Waals surface area contributed by atoms with Gasteiger partial charge in [-0.25, -0.2) is 0 Å². The summed E-state index contributed by atoms with van der Waals surface area (Å²) in [5.41, 5.74) is 0.914. The van der Waals surface area contributed by atoms with E-state index in [1.807, 2.05) is 32.3 Å². The Balaban J connectivity index is 0.00000312. The zero-order valence-electron chi connectivity index (χ0n) is 15.7. The molecule has 1 aromatic rings. The van der Waals surface area contributed by atoms with E-state index in [-0.39, 0.29) is 41.3 Å². The summed E-state index contributed by atoms with van der Waals surface area (Å²) in [4.78, 5) is 18.7. The Kier molecular flexibility index (Phi) is 8.68. The lowest BCUT2D eigenvalue weighted by Crippen LogP contribution is -2.49. The molecule has 1 aliphatic carbocycles. The number of aliphatic imine (C=N–C) groups is 1. The van der Waals surface area contributed by atoms with Crippen LogP contribution in [0.3, 0.4) is 0 Å². The molecule has 1 aromatic carbocycles. The molecule has 0 saturated heterocycles. The molecule has 2 N–H and O–H groups in total. The van der Waals surface area contributed by atoms with Crippen LogP contribution in [0.25, 0.3) is 0 Å². The maximum atomic E-state index is 12.6. The van der Waals surface area contributed by atoms with Crippen LogP contribution in [0, 0.1) is 5.41 Å². The van der Waals surface area contributed by atoms with E-state index >= 15 is 0 Å². The van der Waals surface area contributed by atoms with Crippen molar-refractivity contribution in [3.05, 3.63) is 35.9 Å². The summed E-state index contributed by atoms with van der Waals surface area (Å²) >= 11 is 0. The van der Waals surface area contributed by atoms with Gasteiger partial charge in [-0.15, -0.1) is 24.0 Å². The van der Waals surface area contributed by atoms with Crippen LogP contribution in [0.1, 0.15) is 44.2 Å². The highest BCUT2D eigenvalue weighted by molar-refractivity contribution is 14.0. The Morgan fingerprint density at radius 2 is 1.84 bits per heavy atom. The molecule has 0 aromatic heterocycles. The van der Waals surface area contributed by atoms with Gasteiger partial charge in [-0.3, -0.25) is 9.79 Å². The molecule has 6 heteroatoms. The van der Waals surface area contributed by atoms with Gasteiger partial charge in [-0.2, -0.15) is 0 Å². The van der Waals surface area contributed by atoms with Crippen molar-refractivity contribution in [1.29, 1.82) is 0 Å². The molecule has 2 rings (SSSR count). The smallest absolute Gasteiger partial charge is 0.230 e. The van der Waals surface area contributed by atoms with Gasteiger partial charge < -0.3 is 15.5 Å². The van der Waals surface area contributed by atoms with Crippen molar-refractivity contribution in [3.8, 4) is 0 Å². The second-order valence-corrected chi connectivity index (χ2v) is 6.89. The Morgan fingerprint density at radius 1 is 1.24 bits per heavy atom. The minimum atomic E-state index is -0.295. The highest BCUT2D eigenvalue weighted by atomic mass is 127. The summed E-state index contributed by atoms with van der Waals surface area (Å²) in [6.45, 7) is 2.74. The number of nitrogens with one attached hydrogen (secondary N) is 2. The predicted molar refractivity (Wildman–Crippen MR) is 114 cm³/mol. The molecule has 140 valence electrons. The number of rotatable bonds is 5. The quantitative estimate of drug-likeness (QED) is 0.405. The topological polar surface area (TPSA) is 56.7 Å². The number of benzene rings is 1. The molecule has 0 spiro atoms. The largest absolute Gasteiger partial charge is 0.355 e. The van der Waals surface area contributed by atoms with Crippen molar-refractivity contribution in [3.63, 3.8) is 0 Å². The van der Waals surface area contributed by atoms with E-state index in [1.54, 1.807) is 11.9 Å². The van der Waals surface area contributed by atoms with E-state index in [0.29, 0.717) is 6.54 Å². The third-order valence-electron chi connectivity index (χ3n) is 4.89. The maximum Gasteiger partial charge on any atom is 0.230 e. The monoisotopic (exact) mass is 458 g/mol.